The summed E-state index contributed by atoms with van der Waals surface area (Å²) in [4.78, 5) is 21.9. The van der Waals surface area contributed by atoms with E-state index in [4.69, 9.17) is 0 Å². The molecule has 0 spiro atoms. The summed E-state index contributed by atoms with van der Waals surface area (Å²) in [6.45, 7) is 0.584. The minimum atomic E-state index is 0.584. The van der Waals surface area contributed by atoms with Crippen LogP contribution in [-0.2, 0) is 13.6 Å². The molecule has 0 radical (unpaired) electrons. The molecule has 0 aliphatic heterocycles. The molecular formula is C15H13N7. The summed E-state index contributed by atoms with van der Waals surface area (Å²) in [7, 11) is 1.97. The molecule has 4 aromatic heterocycles. The normalized spacial score (nSPS) is 11.1. The average molecular weight is 291 g/mol. The summed E-state index contributed by atoms with van der Waals surface area (Å²) < 4.78 is 3.97. The van der Waals surface area contributed by atoms with E-state index < -0.39 is 0 Å². The lowest BCUT2D eigenvalue weighted by Crippen LogP contribution is -2.08. The van der Waals surface area contributed by atoms with Gasteiger partial charge in [-0.25, -0.2) is 24.9 Å². The molecule has 0 N–H and O–H groups in total. The highest BCUT2D eigenvalue weighted by Crippen LogP contribution is 2.16. The summed E-state index contributed by atoms with van der Waals surface area (Å²) in [6, 6.07) is 5.63. The molecule has 4 rings (SSSR count). The van der Waals surface area contributed by atoms with E-state index in [9.17, 15) is 0 Å². The molecule has 7 heteroatoms. The van der Waals surface area contributed by atoms with Gasteiger partial charge in [0.2, 0.25) is 0 Å². The Morgan fingerprint density at radius 1 is 0.955 bits per heavy atom. The number of rotatable bonds is 3. The van der Waals surface area contributed by atoms with Crippen LogP contribution in [0.1, 0.15) is 5.82 Å². The molecule has 4 aromatic rings. The molecule has 0 saturated carbocycles. The molecule has 4 heterocycles. The zero-order chi connectivity index (χ0) is 14.9. The molecule has 0 saturated heterocycles. The predicted octanol–water partition coefficient (Wildman–Crippen LogP) is 1.67. The zero-order valence-corrected chi connectivity index (χ0v) is 12.0. The third-order valence-corrected chi connectivity index (χ3v) is 3.51. The second-order valence-corrected chi connectivity index (χ2v) is 4.88. The van der Waals surface area contributed by atoms with Gasteiger partial charge in [0.1, 0.15) is 11.3 Å². The second-order valence-electron chi connectivity index (χ2n) is 4.88. The first-order chi connectivity index (χ1) is 10.8. The van der Waals surface area contributed by atoms with Crippen molar-refractivity contribution in [2.24, 2.45) is 7.05 Å². The Morgan fingerprint density at radius 2 is 1.77 bits per heavy atom. The fraction of sp³-hybridized carbons (Fsp3) is 0.133. The zero-order valence-electron chi connectivity index (χ0n) is 12.0. The lowest BCUT2D eigenvalue weighted by molar-refractivity contribution is 0.708. The number of fused-ring (bicyclic) bond motifs is 1. The summed E-state index contributed by atoms with van der Waals surface area (Å²) >= 11 is 0. The van der Waals surface area contributed by atoms with E-state index in [0.717, 1.165) is 22.8 Å². The van der Waals surface area contributed by atoms with Gasteiger partial charge in [0.25, 0.3) is 0 Å². The van der Waals surface area contributed by atoms with E-state index in [0.29, 0.717) is 12.4 Å². The third-order valence-electron chi connectivity index (χ3n) is 3.51. The van der Waals surface area contributed by atoms with Gasteiger partial charge < -0.3 is 9.13 Å². The largest absolute Gasteiger partial charge is 0.321 e. The predicted molar refractivity (Wildman–Crippen MR) is 80.9 cm³/mol. The van der Waals surface area contributed by atoms with Crippen LogP contribution in [0.2, 0.25) is 0 Å². The maximum Gasteiger partial charge on any atom is 0.195 e. The van der Waals surface area contributed by atoms with Crippen LogP contribution < -0.4 is 0 Å². The molecule has 7 nitrogen and oxygen atoms in total. The number of aromatic nitrogens is 7. The monoisotopic (exact) mass is 291 g/mol. The van der Waals surface area contributed by atoms with Crippen molar-refractivity contribution in [2.75, 3.05) is 0 Å². The van der Waals surface area contributed by atoms with Gasteiger partial charge in [0, 0.05) is 38.0 Å². The molecule has 0 bridgehead atoms. The highest BCUT2D eigenvalue weighted by Gasteiger charge is 2.13. The lowest BCUT2D eigenvalue weighted by Gasteiger charge is -2.06. The van der Waals surface area contributed by atoms with Gasteiger partial charge in [0.05, 0.1) is 6.54 Å². The van der Waals surface area contributed by atoms with E-state index in [2.05, 4.69) is 24.9 Å². The first-order valence-corrected chi connectivity index (χ1v) is 6.88. The lowest BCUT2D eigenvalue weighted by atomic mass is 10.4. The SMILES string of the molecule is Cn1c(Cn2ccnc2-c2ncccn2)nc2cccnc21. The van der Waals surface area contributed by atoms with Gasteiger partial charge in [-0.1, -0.05) is 0 Å². The van der Waals surface area contributed by atoms with Crippen molar-refractivity contribution in [1.82, 2.24) is 34.1 Å². The number of hydrogen-bond acceptors (Lipinski definition) is 5. The number of hydrogen-bond donors (Lipinski definition) is 0. The van der Waals surface area contributed by atoms with Crippen molar-refractivity contribution in [2.45, 2.75) is 6.54 Å². The van der Waals surface area contributed by atoms with Gasteiger partial charge in [-0.3, -0.25) is 0 Å². The fourth-order valence-electron chi connectivity index (χ4n) is 2.42. The van der Waals surface area contributed by atoms with Crippen LogP contribution in [0.4, 0.5) is 0 Å². The summed E-state index contributed by atoms with van der Waals surface area (Å²) in [5.41, 5.74) is 1.76. The van der Waals surface area contributed by atoms with Crippen molar-refractivity contribution in [3.8, 4) is 11.6 Å². The maximum absolute atomic E-state index is 4.63. The van der Waals surface area contributed by atoms with E-state index in [1.807, 2.05) is 34.5 Å². The van der Waals surface area contributed by atoms with Crippen molar-refractivity contribution in [3.05, 3.63) is 55.0 Å². The molecule has 0 aliphatic rings. The number of pyridine rings is 1. The minimum Gasteiger partial charge on any atom is -0.321 e. The van der Waals surface area contributed by atoms with E-state index >= 15 is 0 Å². The van der Waals surface area contributed by atoms with E-state index in [1.54, 1.807) is 30.9 Å². The van der Waals surface area contributed by atoms with Crippen molar-refractivity contribution in [3.63, 3.8) is 0 Å². The molecule has 0 unspecified atom stereocenters. The number of aryl methyl sites for hydroxylation is 1. The summed E-state index contributed by atoms with van der Waals surface area (Å²) in [6.07, 6.45) is 8.83. The van der Waals surface area contributed by atoms with Gasteiger partial charge in [0.15, 0.2) is 17.3 Å². The second kappa shape index (κ2) is 5.03. The Morgan fingerprint density at radius 3 is 2.59 bits per heavy atom. The summed E-state index contributed by atoms with van der Waals surface area (Å²) in [5, 5.41) is 0. The quantitative estimate of drug-likeness (QED) is 0.574. The average Bonchev–Trinajstić information content (AvgIpc) is 3.15. The molecule has 0 amide bonds. The van der Waals surface area contributed by atoms with Gasteiger partial charge in [-0.05, 0) is 18.2 Å². The maximum atomic E-state index is 4.63. The van der Waals surface area contributed by atoms with E-state index in [1.165, 1.54) is 0 Å². The van der Waals surface area contributed by atoms with Gasteiger partial charge in [-0.15, -0.1) is 0 Å². The standard InChI is InChI=1S/C15H13N7/c1-21-12(20-11-4-2-5-18-14(11)21)10-22-9-8-19-15(22)13-16-6-3-7-17-13/h2-9H,10H2,1H3. The number of imidazole rings is 2. The van der Waals surface area contributed by atoms with Crippen LogP contribution >= 0.6 is 0 Å². The van der Waals surface area contributed by atoms with Crippen LogP contribution in [0.3, 0.4) is 0 Å². The van der Waals surface area contributed by atoms with Crippen molar-refractivity contribution in [1.29, 1.82) is 0 Å². The Hall–Kier alpha value is -3.09. The van der Waals surface area contributed by atoms with Crippen LogP contribution in [0.25, 0.3) is 22.8 Å². The van der Waals surface area contributed by atoms with Crippen LogP contribution in [-0.4, -0.2) is 34.1 Å². The highest BCUT2D eigenvalue weighted by molar-refractivity contribution is 5.70. The van der Waals surface area contributed by atoms with Crippen molar-refractivity contribution >= 4 is 11.2 Å². The Kier molecular flexibility index (Phi) is 2.89. The first-order valence-electron chi connectivity index (χ1n) is 6.88. The molecule has 0 atom stereocenters. The van der Waals surface area contributed by atoms with Gasteiger partial charge in [-0.2, -0.15) is 0 Å². The molecular weight excluding hydrogens is 278 g/mol. The van der Waals surface area contributed by atoms with Crippen LogP contribution in [0, 0.1) is 0 Å². The molecule has 0 aliphatic carbocycles. The molecule has 22 heavy (non-hydrogen) atoms. The first kappa shape index (κ1) is 12.6. The van der Waals surface area contributed by atoms with Crippen LogP contribution in [0.15, 0.2) is 49.2 Å². The Balaban J connectivity index is 1.75. The Labute approximate surface area is 126 Å². The minimum absolute atomic E-state index is 0.584. The molecule has 0 aromatic carbocycles. The summed E-state index contributed by atoms with van der Waals surface area (Å²) in [5.74, 6) is 2.23. The fourth-order valence-corrected chi connectivity index (χ4v) is 2.42. The topological polar surface area (TPSA) is 74.3 Å². The highest BCUT2D eigenvalue weighted by atomic mass is 15.2. The van der Waals surface area contributed by atoms with Crippen molar-refractivity contribution < 1.29 is 0 Å². The smallest absolute Gasteiger partial charge is 0.195 e. The molecule has 108 valence electrons. The van der Waals surface area contributed by atoms with Gasteiger partial charge >= 0.3 is 0 Å². The number of nitrogens with zero attached hydrogens (tertiary/aromatic N) is 7. The van der Waals surface area contributed by atoms with E-state index in [-0.39, 0.29) is 0 Å². The molecule has 0 fully saturated rings. The third kappa shape index (κ3) is 2.03. The Bertz CT molecular complexity index is 923. The van der Waals surface area contributed by atoms with Crippen LogP contribution in [0.5, 0.6) is 0 Å².